The van der Waals surface area contributed by atoms with Gasteiger partial charge in [-0.15, -0.1) is 0 Å². The molecule has 1 aromatic rings. The van der Waals surface area contributed by atoms with Gasteiger partial charge in [-0.05, 0) is 12.1 Å². The molecular formula is C14H19NO7. The van der Waals surface area contributed by atoms with Gasteiger partial charge in [-0.3, -0.25) is 4.79 Å². The SMILES string of the molecule is COc1cc(C(=O)O)c(C(O)C(O)CNC(C)=O)cc1OC. The lowest BCUT2D eigenvalue weighted by Gasteiger charge is -2.21. The van der Waals surface area contributed by atoms with Crippen LogP contribution in [0.25, 0.3) is 0 Å². The van der Waals surface area contributed by atoms with E-state index in [2.05, 4.69) is 5.32 Å². The highest BCUT2D eigenvalue weighted by Crippen LogP contribution is 2.34. The number of hydrogen-bond acceptors (Lipinski definition) is 6. The number of amides is 1. The molecule has 2 unspecified atom stereocenters. The van der Waals surface area contributed by atoms with Crippen LogP contribution in [0.4, 0.5) is 0 Å². The molecule has 0 fully saturated rings. The molecular weight excluding hydrogens is 294 g/mol. The summed E-state index contributed by atoms with van der Waals surface area (Å²) in [7, 11) is 2.72. The van der Waals surface area contributed by atoms with Crippen molar-refractivity contribution in [2.24, 2.45) is 0 Å². The Morgan fingerprint density at radius 3 is 2.18 bits per heavy atom. The van der Waals surface area contributed by atoms with Crippen molar-refractivity contribution >= 4 is 11.9 Å². The van der Waals surface area contributed by atoms with Crippen molar-refractivity contribution in [1.82, 2.24) is 5.32 Å². The number of methoxy groups -OCH3 is 2. The number of carbonyl (C=O) groups excluding carboxylic acids is 1. The Morgan fingerprint density at radius 1 is 1.18 bits per heavy atom. The van der Waals surface area contributed by atoms with Gasteiger partial charge in [0, 0.05) is 19.0 Å². The Bertz CT molecular complexity index is 558. The Morgan fingerprint density at radius 2 is 1.73 bits per heavy atom. The van der Waals surface area contributed by atoms with E-state index in [1.807, 2.05) is 0 Å². The number of aliphatic hydroxyl groups is 2. The Kier molecular flexibility index (Phi) is 6.14. The van der Waals surface area contributed by atoms with Gasteiger partial charge < -0.3 is 30.1 Å². The van der Waals surface area contributed by atoms with E-state index in [1.54, 1.807) is 0 Å². The van der Waals surface area contributed by atoms with Gasteiger partial charge in [0.15, 0.2) is 11.5 Å². The predicted octanol–water partition coefficient (Wildman–Crippen LogP) is -0.0676. The number of aliphatic hydroxyl groups excluding tert-OH is 2. The molecule has 4 N–H and O–H groups in total. The predicted molar refractivity (Wildman–Crippen MR) is 76.2 cm³/mol. The summed E-state index contributed by atoms with van der Waals surface area (Å²) in [6.07, 6.45) is -2.89. The topological polar surface area (TPSA) is 125 Å². The van der Waals surface area contributed by atoms with Gasteiger partial charge in [0.05, 0.1) is 19.8 Å². The summed E-state index contributed by atoms with van der Waals surface area (Å²) in [6.45, 7) is 1.04. The molecule has 1 rings (SSSR count). The van der Waals surface area contributed by atoms with Crippen molar-refractivity contribution < 1.29 is 34.4 Å². The maximum absolute atomic E-state index is 11.3. The quantitative estimate of drug-likeness (QED) is 0.555. The molecule has 1 aromatic carbocycles. The van der Waals surface area contributed by atoms with Gasteiger partial charge >= 0.3 is 5.97 Å². The van der Waals surface area contributed by atoms with Crippen LogP contribution in [0.15, 0.2) is 12.1 Å². The van der Waals surface area contributed by atoms with E-state index < -0.39 is 18.2 Å². The molecule has 0 aromatic heterocycles. The highest BCUT2D eigenvalue weighted by atomic mass is 16.5. The number of ether oxygens (including phenoxy) is 2. The minimum Gasteiger partial charge on any atom is -0.493 e. The lowest BCUT2D eigenvalue weighted by Crippen LogP contribution is -2.34. The van der Waals surface area contributed by atoms with Gasteiger partial charge in [0.25, 0.3) is 0 Å². The molecule has 0 saturated heterocycles. The van der Waals surface area contributed by atoms with E-state index in [0.717, 1.165) is 0 Å². The summed E-state index contributed by atoms with van der Waals surface area (Å²) in [5.41, 5.74) is -0.268. The number of nitrogens with one attached hydrogen (secondary N) is 1. The first-order valence-electron chi connectivity index (χ1n) is 6.41. The van der Waals surface area contributed by atoms with Crippen molar-refractivity contribution in [3.63, 3.8) is 0 Å². The van der Waals surface area contributed by atoms with Crippen LogP contribution in [-0.2, 0) is 4.79 Å². The van der Waals surface area contributed by atoms with Crippen LogP contribution < -0.4 is 14.8 Å². The average Bonchev–Trinajstić information content (AvgIpc) is 2.50. The smallest absolute Gasteiger partial charge is 0.336 e. The van der Waals surface area contributed by atoms with Gasteiger partial charge in [-0.25, -0.2) is 4.79 Å². The number of carboxylic acid groups (broad SMARTS) is 1. The summed E-state index contributed by atoms with van der Waals surface area (Å²) >= 11 is 0. The third-order valence-corrected chi connectivity index (χ3v) is 3.03. The van der Waals surface area contributed by atoms with Gasteiger partial charge in [0.1, 0.15) is 12.2 Å². The number of hydrogen-bond donors (Lipinski definition) is 4. The van der Waals surface area contributed by atoms with Crippen LogP contribution >= 0.6 is 0 Å². The van der Waals surface area contributed by atoms with Crippen molar-refractivity contribution in [3.05, 3.63) is 23.3 Å². The number of rotatable bonds is 7. The molecule has 0 heterocycles. The second-order valence-corrected chi connectivity index (χ2v) is 4.55. The summed E-state index contributed by atoms with van der Waals surface area (Å²) < 4.78 is 10.1. The molecule has 122 valence electrons. The van der Waals surface area contributed by atoms with E-state index in [0.29, 0.717) is 0 Å². The largest absolute Gasteiger partial charge is 0.493 e. The number of carbonyl (C=O) groups is 2. The van der Waals surface area contributed by atoms with Crippen LogP contribution in [-0.4, -0.2) is 54.1 Å². The van der Waals surface area contributed by atoms with E-state index in [1.165, 1.54) is 33.3 Å². The molecule has 0 aliphatic carbocycles. The summed E-state index contributed by atoms with van der Waals surface area (Å²) in [5, 5.41) is 31.6. The zero-order chi connectivity index (χ0) is 16.9. The molecule has 0 spiro atoms. The van der Waals surface area contributed by atoms with Gasteiger partial charge in [-0.2, -0.15) is 0 Å². The molecule has 0 radical (unpaired) electrons. The maximum atomic E-state index is 11.3. The van der Waals surface area contributed by atoms with Crippen molar-refractivity contribution in [2.45, 2.75) is 19.1 Å². The van der Waals surface area contributed by atoms with Gasteiger partial charge in [-0.1, -0.05) is 0 Å². The second-order valence-electron chi connectivity index (χ2n) is 4.55. The summed E-state index contributed by atoms with van der Waals surface area (Å²) in [5.74, 6) is -1.26. The molecule has 2 atom stereocenters. The molecule has 8 nitrogen and oxygen atoms in total. The normalized spacial score (nSPS) is 13.1. The third kappa shape index (κ3) is 4.09. The van der Waals surface area contributed by atoms with Crippen molar-refractivity contribution in [1.29, 1.82) is 0 Å². The molecule has 0 saturated carbocycles. The Balaban J connectivity index is 3.19. The van der Waals surface area contributed by atoms with Crippen LogP contribution in [0.3, 0.4) is 0 Å². The van der Waals surface area contributed by atoms with E-state index in [-0.39, 0.29) is 35.1 Å². The fraction of sp³-hybridized carbons (Fsp3) is 0.429. The molecule has 0 aliphatic heterocycles. The van der Waals surface area contributed by atoms with Gasteiger partial charge in [0.2, 0.25) is 5.91 Å². The zero-order valence-corrected chi connectivity index (χ0v) is 12.5. The monoisotopic (exact) mass is 313 g/mol. The van der Waals surface area contributed by atoms with E-state index in [9.17, 15) is 24.9 Å². The number of benzene rings is 1. The standard InChI is InChI=1S/C14H19NO7/c1-7(16)15-6-10(17)13(18)8-4-11(21-2)12(22-3)5-9(8)14(19)20/h4-5,10,13,17-18H,6H2,1-3H3,(H,15,16)(H,19,20). The highest BCUT2D eigenvalue weighted by Gasteiger charge is 2.26. The molecule has 8 heteroatoms. The highest BCUT2D eigenvalue weighted by molar-refractivity contribution is 5.90. The molecule has 0 aliphatic rings. The minimum absolute atomic E-state index is 0.0389. The summed E-state index contributed by atoms with van der Waals surface area (Å²) in [4.78, 5) is 22.2. The fourth-order valence-corrected chi connectivity index (χ4v) is 1.89. The van der Waals surface area contributed by atoms with E-state index in [4.69, 9.17) is 9.47 Å². The lowest BCUT2D eigenvalue weighted by atomic mass is 9.97. The first-order chi connectivity index (χ1) is 10.3. The zero-order valence-electron chi connectivity index (χ0n) is 12.5. The Hall–Kier alpha value is -2.32. The fourth-order valence-electron chi connectivity index (χ4n) is 1.89. The molecule has 22 heavy (non-hydrogen) atoms. The molecule has 1 amide bonds. The summed E-state index contributed by atoms with van der Waals surface area (Å²) in [6, 6.07) is 2.48. The molecule has 0 bridgehead atoms. The van der Waals surface area contributed by atoms with Crippen LogP contribution in [0.5, 0.6) is 11.5 Å². The Labute approximate surface area is 127 Å². The second kappa shape index (κ2) is 7.62. The van der Waals surface area contributed by atoms with Crippen molar-refractivity contribution in [3.8, 4) is 11.5 Å². The number of carboxylic acids is 1. The average molecular weight is 313 g/mol. The minimum atomic E-state index is -1.52. The lowest BCUT2D eigenvalue weighted by molar-refractivity contribution is -0.119. The third-order valence-electron chi connectivity index (χ3n) is 3.03. The van der Waals surface area contributed by atoms with Crippen LogP contribution in [0, 0.1) is 0 Å². The first kappa shape index (κ1) is 17.7. The van der Waals surface area contributed by atoms with Crippen molar-refractivity contribution in [2.75, 3.05) is 20.8 Å². The maximum Gasteiger partial charge on any atom is 0.336 e. The van der Waals surface area contributed by atoms with Crippen LogP contribution in [0.1, 0.15) is 28.9 Å². The number of aromatic carboxylic acids is 1. The first-order valence-corrected chi connectivity index (χ1v) is 6.41. The van der Waals surface area contributed by atoms with E-state index >= 15 is 0 Å². The van der Waals surface area contributed by atoms with Crippen LogP contribution in [0.2, 0.25) is 0 Å².